The Bertz CT molecular complexity index is 587. The number of benzene rings is 1. The van der Waals surface area contributed by atoms with E-state index >= 15 is 0 Å². The minimum atomic E-state index is 0.430. The fourth-order valence-electron chi connectivity index (χ4n) is 3.93. The summed E-state index contributed by atoms with van der Waals surface area (Å²) in [6.45, 7) is 10.1. The molecule has 0 radical (unpaired) electrons. The van der Waals surface area contributed by atoms with Crippen LogP contribution in [0.1, 0.15) is 18.9 Å². The maximum absolute atomic E-state index is 5.49. The molecule has 2 fully saturated rings. The number of guanidine groups is 1. The van der Waals surface area contributed by atoms with Crippen LogP contribution in [0.5, 0.6) is 0 Å². The van der Waals surface area contributed by atoms with Gasteiger partial charge in [-0.2, -0.15) is 0 Å². The molecule has 2 saturated heterocycles. The zero-order valence-electron chi connectivity index (χ0n) is 17.1. The van der Waals surface area contributed by atoms with Crippen molar-refractivity contribution in [3.05, 3.63) is 35.9 Å². The third-order valence-electron chi connectivity index (χ3n) is 5.82. The number of likely N-dealkylation sites (N-methyl/N-ethyl adjacent to an activating group) is 1. The van der Waals surface area contributed by atoms with Crippen molar-refractivity contribution in [2.24, 2.45) is 4.99 Å². The van der Waals surface area contributed by atoms with Gasteiger partial charge >= 0.3 is 0 Å². The molecule has 3 rings (SSSR count). The Labute approximate surface area is 164 Å². The number of ether oxygens (including phenoxy) is 1. The Kier molecular flexibility index (Phi) is 7.50. The molecule has 2 atom stereocenters. The van der Waals surface area contributed by atoms with Crippen LogP contribution < -0.4 is 5.32 Å². The predicted octanol–water partition coefficient (Wildman–Crippen LogP) is 1.49. The Morgan fingerprint density at radius 1 is 1.26 bits per heavy atom. The third-order valence-corrected chi connectivity index (χ3v) is 5.82. The van der Waals surface area contributed by atoms with Crippen molar-refractivity contribution in [3.8, 4) is 0 Å². The monoisotopic (exact) mass is 373 g/mol. The average molecular weight is 374 g/mol. The van der Waals surface area contributed by atoms with Crippen LogP contribution in [-0.4, -0.2) is 92.8 Å². The van der Waals surface area contributed by atoms with E-state index in [4.69, 9.17) is 4.74 Å². The normalized spacial score (nSPS) is 23.0. The van der Waals surface area contributed by atoms with Crippen LogP contribution >= 0.6 is 0 Å². The molecule has 1 aromatic rings. The molecule has 0 spiro atoms. The minimum absolute atomic E-state index is 0.430. The first-order chi connectivity index (χ1) is 13.2. The maximum atomic E-state index is 5.49. The summed E-state index contributed by atoms with van der Waals surface area (Å²) < 4.78 is 5.49. The first kappa shape index (κ1) is 20.1. The van der Waals surface area contributed by atoms with Crippen LogP contribution in [0.4, 0.5) is 0 Å². The molecule has 6 nitrogen and oxygen atoms in total. The molecule has 0 aliphatic carbocycles. The van der Waals surface area contributed by atoms with Crippen LogP contribution in [0.25, 0.3) is 0 Å². The molecule has 6 heteroatoms. The second kappa shape index (κ2) is 10.1. The van der Waals surface area contributed by atoms with Crippen molar-refractivity contribution in [3.63, 3.8) is 0 Å². The first-order valence-corrected chi connectivity index (χ1v) is 10.2. The van der Waals surface area contributed by atoms with Crippen molar-refractivity contribution in [1.82, 2.24) is 20.0 Å². The van der Waals surface area contributed by atoms with Gasteiger partial charge in [0.25, 0.3) is 0 Å². The van der Waals surface area contributed by atoms with Gasteiger partial charge in [0.2, 0.25) is 0 Å². The Hall–Kier alpha value is -1.63. The van der Waals surface area contributed by atoms with Gasteiger partial charge in [0.15, 0.2) is 5.96 Å². The molecule has 0 amide bonds. The zero-order chi connectivity index (χ0) is 19.1. The number of nitrogens with one attached hydrogen (secondary N) is 1. The number of likely N-dealkylation sites (tertiary alicyclic amines) is 1. The van der Waals surface area contributed by atoms with Crippen molar-refractivity contribution in [1.29, 1.82) is 0 Å². The third kappa shape index (κ3) is 5.67. The summed E-state index contributed by atoms with van der Waals surface area (Å²) >= 11 is 0. The average Bonchev–Trinajstić information content (AvgIpc) is 3.20. The van der Waals surface area contributed by atoms with Crippen molar-refractivity contribution >= 4 is 5.96 Å². The van der Waals surface area contributed by atoms with Crippen LogP contribution in [0.2, 0.25) is 0 Å². The first-order valence-electron chi connectivity index (χ1n) is 10.2. The molecule has 0 saturated carbocycles. The van der Waals surface area contributed by atoms with E-state index in [0.717, 1.165) is 58.4 Å². The maximum Gasteiger partial charge on any atom is 0.193 e. The molecule has 0 bridgehead atoms. The lowest BCUT2D eigenvalue weighted by molar-refractivity contribution is 0.0195. The molecule has 150 valence electrons. The summed E-state index contributed by atoms with van der Waals surface area (Å²) in [5.41, 5.74) is 1.35. The lowest BCUT2D eigenvalue weighted by Gasteiger charge is -2.32. The molecular weight excluding hydrogens is 338 g/mol. The summed E-state index contributed by atoms with van der Waals surface area (Å²) in [4.78, 5) is 11.9. The highest BCUT2D eigenvalue weighted by Crippen LogP contribution is 2.17. The molecule has 1 N–H and O–H groups in total. The van der Waals surface area contributed by atoms with Crippen molar-refractivity contribution in [2.45, 2.75) is 32.0 Å². The smallest absolute Gasteiger partial charge is 0.193 e. The number of hydrogen-bond acceptors (Lipinski definition) is 4. The van der Waals surface area contributed by atoms with Gasteiger partial charge in [0, 0.05) is 58.4 Å². The van der Waals surface area contributed by atoms with Gasteiger partial charge in [0.1, 0.15) is 0 Å². The summed E-state index contributed by atoms with van der Waals surface area (Å²) in [5, 5.41) is 3.59. The van der Waals surface area contributed by atoms with E-state index in [1.54, 1.807) is 0 Å². The summed E-state index contributed by atoms with van der Waals surface area (Å²) in [6, 6.07) is 11.7. The van der Waals surface area contributed by atoms with Crippen LogP contribution in [0, 0.1) is 0 Å². The van der Waals surface area contributed by atoms with Gasteiger partial charge in [0.05, 0.1) is 13.2 Å². The number of nitrogens with zero attached hydrogens (tertiary/aromatic N) is 4. The van der Waals surface area contributed by atoms with E-state index in [0.29, 0.717) is 12.1 Å². The summed E-state index contributed by atoms with van der Waals surface area (Å²) in [7, 11) is 4.08. The Morgan fingerprint density at radius 2 is 2.00 bits per heavy atom. The molecule has 2 aliphatic rings. The predicted molar refractivity (Wildman–Crippen MR) is 111 cm³/mol. The molecule has 2 aliphatic heterocycles. The molecule has 1 aromatic carbocycles. The lowest BCUT2D eigenvalue weighted by Crippen LogP contribution is -2.48. The molecular formula is C21H35N5O. The highest BCUT2D eigenvalue weighted by molar-refractivity contribution is 5.80. The van der Waals surface area contributed by atoms with Crippen molar-refractivity contribution < 1.29 is 4.74 Å². The Morgan fingerprint density at radius 3 is 2.70 bits per heavy atom. The van der Waals surface area contributed by atoms with Gasteiger partial charge in [-0.05, 0) is 26.0 Å². The number of hydrogen-bond donors (Lipinski definition) is 1. The van der Waals surface area contributed by atoms with Crippen LogP contribution in [-0.2, 0) is 11.3 Å². The number of aliphatic imine (C=N–C) groups is 1. The summed E-state index contributed by atoms with van der Waals surface area (Å²) in [6.07, 6.45) is 1.21. The van der Waals surface area contributed by atoms with Gasteiger partial charge in [-0.25, -0.2) is 0 Å². The van der Waals surface area contributed by atoms with E-state index in [1.807, 2.05) is 7.05 Å². The Balaban J connectivity index is 1.44. The highest BCUT2D eigenvalue weighted by atomic mass is 16.5. The van der Waals surface area contributed by atoms with Gasteiger partial charge < -0.3 is 15.0 Å². The fraction of sp³-hybridized carbons (Fsp3) is 0.667. The number of rotatable bonds is 6. The second-order valence-corrected chi connectivity index (χ2v) is 7.71. The van der Waals surface area contributed by atoms with Gasteiger partial charge in [-0.15, -0.1) is 0 Å². The second-order valence-electron chi connectivity index (χ2n) is 7.71. The van der Waals surface area contributed by atoms with Gasteiger partial charge in [-0.3, -0.25) is 14.8 Å². The van der Waals surface area contributed by atoms with E-state index in [-0.39, 0.29) is 0 Å². The SMILES string of the molecule is CN=C(NCC(C)N(C)Cc1ccccc1)N1CCC(N2CCOCC2)C1. The van der Waals surface area contributed by atoms with Crippen molar-refractivity contribution in [2.75, 3.05) is 60.0 Å². The largest absolute Gasteiger partial charge is 0.379 e. The topological polar surface area (TPSA) is 43.3 Å². The fourth-order valence-corrected chi connectivity index (χ4v) is 3.93. The summed E-state index contributed by atoms with van der Waals surface area (Å²) in [5.74, 6) is 1.03. The van der Waals surface area contributed by atoms with Gasteiger partial charge in [-0.1, -0.05) is 30.3 Å². The minimum Gasteiger partial charge on any atom is -0.379 e. The standard InChI is InChI=1S/C21H35N5O/c1-18(24(3)16-19-7-5-4-6-8-19)15-23-21(22-2)26-10-9-20(17-26)25-11-13-27-14-12-25/h4-8,18,20H,9-17H2,1-3H3,(H,22,23). The van der Waals surface area contributed by atoms with E-state index in [2.05, 4.69) is 69.3 Å². The lowest BCUT2D eigenvalue weighted by atomic mass is 10.2. The molecule has 27 heavy (non-hydrogen) atoms. The number of morpholine rings is 1. The molecule has 2 heterocycles. The van der Waals surface area contributed by atoms with E-state index in [9.17, 15) is 0 Å². The van der Waals surface area contributed by atoms with Crippen LogP contribution in [0.3, 0.4) is 0 Å². The van der Waals surface area contributed by atoms with Crippen LogP contribution in [0.15, 0.2) is 35.3 Å². The quantitative estimate of drug-likeness (QED) is 0.605. The molecule has 0 aromatic heterocycles. The molecule has 2 unspecified atom stereocenters. The highest BCUT2D eigenvalue weighted by Gasteiger charge is 2.30. The van der Waals surface area contributed by atoms with E-state index < -0.39 is 0 Å². The van der Waals surface area contributed by atoms with E-state index in [1.165, 1.54) is 12.0 Å². The zero-order valence-corrected chi connectivity index (χ0v) is 17.1.